The third kappa shape index (κ3) is 4.28. The topological polar surface area (TPSA) is 81.5 Å². The number of rotatable bonds is 6. The van der Waals surface area contributed by atoms with E-state index < -0.39 is 10.0 Å². The fourth-order valence-electron chi connectivity index (χ4n) is 2.58. The number of nitriles is 1. The van der Waals surface area contributed by atoms with E-state index in [1.807, 2.05) is 19.9 Å². The van der Waals surface area contributed by atoms with Gasteiger partial charge in [0.15, 0.2) is 0 Å². The molecule has 0 bridgehead atoms. The summed E-state index contributed by atoms with van der Waals surface area (Å²) >= 11 is 0. The van der Waals surface area contributed by atoms with Gasteiger partial charge in [-0.1, -0.05) is 24.3 Å². The Balaban J connectivity index is 2.26. The number of likely N-dealkylation sites (N-methyl/N-ethyl adjacent to an activating group) is 1. The number of sulfonamides is 1. The maximum Gasteiger partial charge on any atom is 0.243 e. The van der Waals surface area contributed by atoms with Crippen LogP contribution in [0.3, 0.4) is 0 Å². The van der Waals surface area contributed by atoms with Crippen LogP contribution in [0.1, 0.15) is 19.4 Å². The maximum absolute atomic E-state index is 12.8. The number of nitrogens with zero attached hydrogens (tertiary/aromatic N) is 3. The summed E-state index contributed by atoms with van der Waals surface area (Å²) in [5.41, 5.74) is 1.00. The summed E-state index contributed by atoms with van der Waals surface area (Å²) in [5.74, 6) is -0.364. The standard InChI is InChI=1S/C19H21N3O3S/c1-15(2)22(17-9-7-8-16(12-17)13-20)19(23)14-21(3)26(24,25)18-10-5-4-6-11-18/h4-12,15H,14H2,1-3H3. The molecule has 6 nitrogen and oxygen atoms in total. The predicted octanol–water partition coefficient (Wildman–Crippen LogP) is 2.62. The smallest absolute Gasteiger partial charge is 0.243 e. The summed E-state index contributed by atoms with van der Waals surface area (Å²) in [4.78, 5) is 14.4. The predicted molar refractivity (Wildman–Crippen MR) is 100 cm³/mol. The summed E-state index contributed by atoms with van der Waals surface area (Å²) in [6.45, 7) is 3.37. The van der Waals surface area contributed by atoms with Gasteiger partial charge in [-0.2, -0.15) is 9.57 Å². The molecular formula is C19H21N3O3S. The van der Waals surface area contributed by atoms with Gasteiger partial charge in [0, 0.05) is 18.8 Å². The van der Waals surface area contributed by atoms with Crippen molar-refractivity contribution in [3.63, 3.8) is 0 Å². The van der Waals surface area contributed by atoms with Gasteiger partial charge in [0.1, 0.15) is 0 Å². The first-order valence-corrected chi connectivity index (χ1v) is 9.55. The molecule has 1 amide bonds. The molecule has 7 heteroatoms. The highest BCUT2D eigenvalue weighted by atomic mass is 32.2. The van der Waals surface area contributed by atoms with Crippen molar-refractivity contribution < 1.29 is 13.2 Å². The summed E-state index contributed by atoms with van der Waals surface area (Å²) in [5, 5.41) is 9.06. The van der Waals surface area contributed by atoms with Crippen molar-refractivity contribution in [1.82, 2.24) is 4.31 Å². The van der Waals surface area contributed by atoms with Gasteiger partial charge in [-0.05, 0) is 44.2 Å². The third-order valence-corrected chi connectivity index (χ3v) is 5.67. The molecule has 0 spiro atoms. The minimum absolute atomic E-state index is 0.137. The van der Waals surface area contributed by atoms with Crippen LogP contribution in [0.2, 0.25) is 0 Å². The Hall–Kier alpha value is -2.69. The van der Waals surface area contributed by atoms with Crippen LogP contribution in [0.25, 0.3) is 0 Å². The van der Waals surface area contributed by atoms with E-state index in [4.69, 9.17) is 5.26 Å². The third-order valence-electron chi connectivity index (χ3n) is 3.85. The Bertz CT molecular complexity index is 919. The van der Waals surface area contributed by atoms with Gasteiger partial charge in [-0.3, -0.25) is 4.79 Å². The quantitative estimate of drug-likeness (QED) is 0.782. The maximum atomic E-state index is 12.8. The molecule has 26 heavy (non-hydrogen) atoms. The summed E-state index contributed by atoms with van der Waals surface area (Å²) < 4.78 is 26.3. The number of carbonyl (C=O) groups excluding carboxylic acids is 1. The first-order chi connectivity index (χ1) is 12.3. The molecule has 2 aromatic carbocycles. The van der Waals surface area contributed by atoms with E-state index in [9.17, 15) is 13.2 Å². The van der Waals surface area contributed by atoms with Crippen LogP contribution in [-0.2, 0) is 14.8 Å². The molecule has 0 aliphatic heterocycles. The molecule has 0 aromatic heterocycles. The van der Waals surface area contributed by atoms with Gasteiger partial charge >= 0.3 is 0 Å². The Morgan fingerprint density at radius 1 is 1.12 bits per heavy atom. The molecule has 0 saturated heterocycles. The molecule has 0 atom stereocenters. The van der Waals surface area contributed by atoms with Gasteiger partial charge in [0.25, 0.3) is 0 Å². The van der Waals surface area contributed by atoms with E-state index in [-0.39, 0.29) is 23.4 Å². The largest absolute Gasteiger partial charge is 0.309 e. The van der Waals surface area contributed by atoms with Crippen LogP contribution in [0.5, 0.6) is 0 Å². The molecule has 0 aliphatic rings. The molecule has 0 heterocycles. The van der Waals surface area contributed by atoms with E-state index in [0.717, 1.165) is 4.31 Å². The van der Waals surface area contributed by atoms with Gasteiger partial charge in [-0.25, -0.2) is 8.42 Å². The van der Waals surface area contributed by atoms with E-state index in [0.29, 0.717) is 11.3 Å². The van der Waals surface area contributed by atoms with Crippen molar-refractivity contribution in [3.05, 3.63) is 60.2 Å². The Kier molecular flexibility index (Phi) is 6.14. The van der Waals surface area contributed by atoms with Gasteiger partial charge in [0.2, 0.25) is 15.9 Å². The normalized spacial score (nSPS) is 11.4. The van der Waals surface area contributed by atoms with Crippen LogP contribution >= 0.6 is 0 Å². The SMILES string of the molecule is CC(C)N(C(=O)CN(C)S(=O)(=O)c1ccccc1)c1cccc(C#N)c1. The van der Waals surface area contributed by atoms with E-state index in [1.165, 1.54) is 24.1 Å². The zero-order valence-electron chi connectivity index (χ0n) is 15.0. The van der Waals surface area contributed by atoms with Gasteiger partial charge < -0.3 is 4.90 Å². The van der Waals surface area contributed by atoms with Crippen molar-refractivity contribution in [1.29, 1.82) is 5.26 Å². The molecule has 0 N–H and O–H groups in total. The number of hydrogen-bond acceptors (Lipinski definition) is 4. The van der Waals surface area contributed by atoms with E-state index in [2.05, 4.69) is 0 Å². The lowest BCUT2D eigenvalue weighted by Crippen LogP contribution is -2.44. The fourth-order valence-corrected chi connectivity index (χ4v) is 3.72. The molecule has 2 rings (SSSR count). The Morgan fingerprint density at radius 2 is 1.77 bits per heavy atom. The minimum Gasteiger partial charge on any atom is -0.309 e. The number of carbonyl (C=O) groups is 1. The number of amides is 1. The molecule has 2 aromatic rings. The second-order valence-corrected chi connectivity index (χ2v) is 8.14. The first kappa shape index (κ1) is 19.6. The number of anilines is 1. The average molecular weight is 371 g/mol. The van der Waals surface area contributed by atoms with Crippen LogP contribution in [0, 0.1) is 11.3 Å². The van der Waals surface area contributed by atoms with E-state index in [1.54, 1.807) is 42.5 Å². The monoisotopic (exact) mass is 371 g/mol. The molecule has 0 unspecified atom stereocenters. The second kappa shape index (κ2) is 8.13. The van der Waals surface area contributed by atoms with Crippen molar-refractivity contribution >= 4 is 21.6 Å². The molecule has 0 aliphatic carbocycles. The second-order valence-electron chi connectivity index (χ2n) is 6.09. The molecule has 0 radical (unpaired) electrons. The van der Waals surface area contributed by atoms with Gasteiger partial charge in [-0.15, -0.1) is 0 Å². The lowest BCUT2D eigenvalue weighted by Gasteiger charge is -2.29. The molecular weight excluding hydrogens is 350 g/mol. The number of benzene rings is 2. The fraction of sp³-hybridized carbons (Fsp3) is 0.263. The molecule has 0 saturated carbocycles. The van der Waals surface area contributed by atoms with Crippen LogP contribution in [0.4, 0.5) is 5.69 Å². The minimum atomic E-state index is -3.75. The van der Waals surface area contributed by atoms with Crippen molar-refractivity contribution in [3.8, 4) is 6.07 Å². The van der Waals surface area contributed by atoms with Gasteiger partial charge in [0.05, 0.1) is 23.1 Å². The number of hydrogen-bond donors (Lipinski definition) is 0. The van der Waals surface area contributed by atoms with Crippen molar-refractivity contribution in [2.75, 3.05) is 18.5 Å². The summed E-state index contributed by atoms with van der Waals surface area (Å²) in [7, 11) is -2.38. The Labute approximate surface area is 154 Å². The lowest BCUT2D eigenvalue weighted by atomic mass is 10.1. The Morgan fingerprint density at radius 3 is 2.35 bits per heavy atom. The first-order valence-electron chi connectivity index (χ1n) is 8.11. The van der Waals surface area contributed by atoms with Crippen LogP contribution < -0.4 is 4.90 Å². The van der Waals surface area contributed by atoms with Crippen molar-refractivity contribution in [2.24, 2.45) is 0 Å². The molecule has 136 valence electrons. The highest BCUT2D eigenvalue weighted by Gasteiger charge is 2.27. The van der Waals surface area contributed by atoms with Crippen LogP contribution in [-0.4, -0.2) is 38.3 Å². The zero-order chi connectivity index (χ0) is 19.3. The summed E-state index contributed by atoms with van der Waals surface area (Å²) in [6.07, 6.45) is 0. The highest BCUT2D eigenvalue weighted by molar-refractivity contribution is 7.89. The van der Waals surface area contributed by atoms with Crippen molar-refractivity contribution in [2.45, 2.75) is 24.8 Å². The summed E-state index contributed by atoms with van der Waals surface area (Å²) in [6, 6.07) is 16.5. The average Bonchev–Trinajstić information content (AvgIpc) is 2.62. The highest BCUT2D eigenvalue weighted by Crippen LogP contribution is 2.20. The van der Waals surface area contributed by atoms with E-state index >= 15 is 0 Å². The molecule has 0 fully saturated rings. The zero-order valence-corrected chi connectivity index (χ0v) is 15.8. The van der Waals surface area contributed by atoms with Crippen LogP contribution in [0.15, 0.2) is 59.5 Å². The lowest BCUT2D eigenvalue weighted by molar-refractivity contribution is -0.119.